The summed E-state index contributed by atoms with van der Waals surface area (Å²) >= 11 is 1.48. The van der Waals surface area contributed by atoms with Crippen molar-refractivity contribution in [3.63, 3.8) is 0 Å². The van der Waals surface area contributed by atoms with Crippen LogP contribution in [0.4, 0.5) is 5.69 Å². The van der Waals surface area contributed by atoms with Gasteiger partial charge in [0.25, 0.3) is 11.8 Å². The largest absolute Gasteiger partial charge is 0.496 e. The second-order valence-electron chi connectivity index (χ2n) is 5.40. The summed E-state index contributed by atoms with van der Waals surface area (Å²) in [6.07, 6.45) is 0.868. The van der Waals surface area contributed by atoms with Crippen LogP contribution in [0.1, 0.15) is 37.6 Å². The van der Waals surface area contributed by atoms with Gasteiger partial charge in [0, 0.05) is 23.0 Å². The van der Waals surface area contributed by atoms with Crippen LogP contribution in [0, 0.1) is 0 Å². The Morgan fingerprint density at radius 2 is 2.13 bits per heavy atom. The standard InChI is InChI=1S/C17H22N2O3S/c1-4-11(2)18-16(20)13-6-5-7-14(10-13)19-17(21)15-12(3)22-8-9-23-15/h5-7,10-11H,4,8-9H2,1-3H3,(H,18,20)(H,19,21)/t11-/m0/s1. The van der Waals surface area contributed by atoms with Crippen molar-refractivity contribution in [2.24, 2.45) is 0 Å². The second-order valence-corrected chi connectivity index (χ2v) is 6.51. The molecule has 0 aromatic heterocycles. The highest BCUT2D eigenvalue weighted by atomic mass is 32.2. The molecule has 1 heterocycles. The lowest BCUT2D eigenvalue weighted by Crippen LogP contribution is -2.31. The van der Waals surface area contributed by atoms with E-state index in [0.29, 0.717) is 28.5 Å². The average molecular weight is 334 g/mol. The number of amides is 2. The van der Waals surface area contributed by atoms with Gasteiger partial charge in [-0.2, -0.15) is 0 Å². The molecule has 2 rings (SSSR count). The summed E-state index contributed by atoms with van der Waals surface area (Å²) in [5, 5.41) is 5.74. The number of thioether (sulfide) groups is 1. The minimum absolute atomic E-state index is 0.115. The third-order valence-corrected chi connectivity index (χ3v) is 4.68. The molecule has 6 heteroatoms. The number of nitrogens with one attached hydrogen (secondary N) is 2. The van der Waals surface area contributed by atoms with Crippen molar-refractivity contribution in [3.05, 3.63) is 40.5 Å². The van der Waals surface area contributed by atoms with E-state index < -0.39 is 0 Å². The third kappa shape index (κ3) is 4.76. The van der Waals surface area contributed by atoms with Gasteiger partial charge >= 0.3 is 0 Å². The summed E-state index contributed by atoms with van der Waals surface area (Å²) in [4.78, 5) is 25.0. The van der Waals surface area contributed by atoms with E-state index in [2.05, 4.69) is 10.6 Å². The smallest absolute Gasteiger partial charge is 0.265 e. The number of anilines is 1. The number of carbonyl (C=O) groups is 2. The molecular formula is C17H22N2O3S. The van der Waals surface area contributed by atoms with Gasteiger partial charge in [0.1, 0.15) is 10.7 Å². The van der Waals surface area contributed by atoms with Crippen LogP contribution in [-0.4, -0.2) is 30.2 Å². The molecule has 2 N–H and O–H groups in total. The van der Waals surface area contributed by atoms with Crippen LogP contribution >= 0.6 is 11.8 Å². The highest BCUT2D eigenvalue weighted by Crippen LogP contribution is 2.26. The molecule has 1 aromatic rings. The number of hydrogen-bond acceptors (Lipinski definition) is 4. The van der Waals surface area contributed by atoms with Crippen LogP contribution in [0.3, 0.4) is 0 Å². The molecule has 0 bridgehead atoms. The molecular weight excluding hydrogens is 312 g/mol. The summed E-state index contributed by atoms with van der Waals surface area (Å²) in [7, 11) is 0. The molecule has 5 nitrogen and oxygen atoms in total. The minimum Gasteiger partial charge on any atom is -0.496 e. The fourth-order valence-corrected chi connectivity index (χ4v) is 2.88. The molecule has 0 saturated heterocycles. The topological polar surface area (TPSA) is 67.4 Å². The molecule has 2 amide bonds. The average Bonchev–Trinajstić information content (AvgIpc) is 2.55. The molecule has 1 atom stereocenters. The van der Waals surface area contributed by atoms with E-state index in [-0.39, 0.29) is 17.9 Å². The van der Waals surface area contributed by atoms with Gasteiger partial charge in [-0.1, -0.05) is 13.0 Å². The maximum absolute atomic E-state index is 12.3. The van der Waals surface area contributed by atoms with E-state index in [1.165, 1.54) is 11.8 Å². The predicted molar refractivity (Wildman–Crippen MR) is 93.4 cm³/mol. The number of benzene rings is 1. The van der Waals surface area contributed by atoms with Crippen molar-refractivity contribution in [1.82, 2.24) is 5.32 Å². The van der Waals surface area contributed by atoms with Crippen LogP contribution in [0.2, 0.25) is 0 Å². The summed E-state index contributed by atoms with van der Waals surface area (Å²) in [6, 6.07) is 7.05. The first-order valence-electron chi connectivity index (χ1n) is 7.70. The molecule has 0 fully saturated rings. The van der Waals surface area contributed by atoms with Crippen molar-refractivity contribution in [2.45, 2.75) is 33.2 Å². The van der Waals surface area contributed by atoms with Gasteiger partial charge in [-0.05, 0) is 38.5 Å². The maximum atomic E-state index is 12.3. The van der Waals surface area contributed by atoms with Crippen LogP contribution in [0.15, 0.2) is 34.9 Å². The Morgan fingerprint density at radius 3 is 2.83 bits per heavy atom. The summed E-state index contributed by atoms with van der Waals surface area (Å²) in [5.74, 6) is 1.06. The Bertz CT molecular complexity index is 628. The normalized spacial score (nSPS) is 15.6. The fourth-order valence-electron chi connectivity index (χ4n) is 2.07. The maximum Gasteiger partial charge on any atom is 0.265 e. The number of rotatable bonds is 5. The number of allylic oxidation sites excluding steroid dienone is 1. The summed E-state index contributed by atoms with van der Waals surface area (Å²) in [5.41, 5.74) is 1.12. The Labute approximate surface area is 140 Å². The predicted octanol–water partition coefficient (Wildman–Crippen LogP) is 3.15. The minimum atomic E-state index is -0.202. The summed E-state index contributed by atoms with van der Waals surface area (Å²) < 4.78 is 5.40. The van der Waals surface area contributed by atoms with Crippen molar-refractivity contribution >= 4 is 29.3 Å². The Morgan fingerprint density at radius 1 is 1.35 bits per heavy atom. The highest BCUT2D eigenvalue weighted by Gasteiger charge is 2.19. The van der Waals surface area contributed by atoms with Crippen molar-refractivity contribution in [1.29, 1.82) is 0 Å². The molecule has 1 aliphatic rings. The Balaban J connectivity index is 2.08. The molecule has 0 aliphatic carbocycles. The zero-order chi connectivity index (χ0) is 16.8. The van der Waals surface area contributed by atoms with Gasteiger partial charge in [0.05, 0.1) is 6.61 Å². The van der Waals surface area contributed by atoms with Gasteiger partial charge < -0.3 is 15.4 Å². The van der Waals surface area contributed by atoms with Crippen LogP contribution in [0.25, 0.3) is 0 Å². The highest BCUT2D eigenvalue weighted by molar-refractivity contribution is 8.04. The lowest BCUT2D eigenvalue weighted by molar-refractivity contribution is -0.112. The van der Waals surface area contributed by atoms with Crippen LogP contribution in [-0.2, 0) is 9.53 Å². The SMILES string of the molecule is CC[C@H](C)NC(=O)c1cccc(NC(=O)C2=C(C)OCCS2)c1. The van der Waals surface area contributed by atoms with Gasteiger partial charge in [0.2, 0.25) is 0 Å². The number of hydrogen-bond donors (Lipinski definition) is 2. The molecule has 124 valence electrons. The fraction of sp³-hybridized carbons (Fsp3) is 0.412. The molecule has 1 aliphatic heterocycles. The first-order chi connectivity index (χ1) is 11.0. The van der Waals surface area contributed by atoms with Gasteiger partial charge in [0.15, 0.2) is 0 Å². The first kappa shape index (κ1) is 17.4. The lowest BCUT2D eigenvalue weighted by atomic mass is 10.1. The molecule has 0 radical (unpaired) electrons. The van der Waals surface area contributed by atoms with E-state index in [9.17, 15) is 9.59 Å². The van der Waals surface area contributed by atoms with Gasteiger partial charge in [-0.3, -0.25) is 9.59 Å². The molecule has 0 saturated carbocycles. The van der Waals surface area contributed by atoms with Crippen LogP contribution < -0.4 is 10.6 Å². The Kier molecular flexibility index (Phi) is 6.10. The van der Waals surface area contributed by atoms with Crippen molar-refractivity contribution < 1.29 is 14.3 Å². The quantitative estimate of drug-likeness (QED) is 0.868. The first-order valence-corrected chi connectivity index (χ1v) is 8.68. The Hall–Kier alpha value is -1.95. The molecule has 0 unspecified atom stereocenters. The third-order valence-electron chi connectivity index (χ3n) is 3.55. The van der Waals surface area contributed by atoms with E-state index in [0.717, 1.165) is 12.2 Å². The molecule has 0 spiro atoms. The molecule has 1 aromatic carbocycles. The number of ether oxygens (including phenoxy) is 1. The van der Waals surface area contributed by atoms with Crippen molar-refractivity contribution in [2.75, 3.05) is 17.7 Å². The van der Waals surface area contributed by atoms with Gasteiger partial charge in [-0.15, -0.1) is 11.8 Å². The number of carbonyl (C=O) groups excluding carboxylic acids is 2. The van der Waals surface area contributed by atoms with E-state index in [1.54, 1.807) is 31.2 Å². The monoisotopic (exact) mass is 334 g/mol. The lowest BCUT2D eigenvalue weighted by Gasteiger charge is -2.18. The van der Waals surface area contributed by atoms with E-state index >= 15 is 0 Å². The van der Waals surface area contributed by atoms with Crippen LogP contribution in [0.5, 0.6) is 0 Å². The summed E-state index contributed by atoms with van der Waals surface area (Å²) in [6.45, 7) is 6.39. The zero-order valence-corrected chi connectivity index (χ0v) is 14.5. The molecule has 23 heavy (non-hydrogen) atoms. The van der Waals surface area contributed by atoms with Gasteiger partial charge in [-0.25, -0.2) is 0 Å². The zero-order valence-electron chi connectivity index (χ0n) is 13.6. The van der Waals surface area contributed by atoms with E-state index in [1.807, 2.05) is 13.8 Å². The van der Waals surface area contributed by atoms with Crippen molar-refractivity contribution in [3.8, 4) is 0 Å². The van der Waals surface area contributed by atoms with E-state index in [4.69, 9.17) is 4.74 Å². The second kappa shape index (κ2) is 8.06.